The molecule has 1 amide bonds. The van der Waals surface area contributed by atoms with Crippen LogP contribution in [0.4, 0.5) is 5.69 Å². The molecule has 1 saturated carbocycles. The Balaban J connectivity index is 1.54. The Kier molecular flexibility index (Phi) is 6.50. The molecule has 0 unspecified atom stereocenters. The quantitative estimate of drug-likeness (QED) is 0.648. The zero-order chi connectivity index (χ0) is 14.9. The first kappa shape index (κ1) is 15.8. The van der Waals surface area contributed by atoms with E-state index in [4.69, 9.17) is 9.47 Å². The number of rotatable bonds is 10. The topological polar surface area (TPSA) is 59.6 Å². The van der Waals surface area contributed by atoms with E-state index < -0.39 is 0 Å². The highest BCUT2D eigenvalue weighted by Gasteiger charge is 2.20. The summed E-state index contributed by atoms with van der Waals surface area (Å²) in [6.07, 6.45) is 3.57. The smallest absolute Gasteiger partial charge is 0.238 e. The average molecular weight is 292 g/mol. The summed E-state index contributed by atoms with van der Waals surface area (Å²) in [5.74, 6) is 1.40. The zero-order valence-electron chi connectivity index (χ0n) is 12.6. The highest BCUT2D eigenvalue weighted by Crippen LogP contribution is 2.28. The number of carbonyl (C=O) groups excluding carboxylic acids is 1. The van der Waals surface area contributed by atoms with E-state index >= 15 is 0 Å². The van der Waals surface area contributed by atoms with Crippen LogP contribution in [0.2, 0.25) is 0 Å². The maximum atomic E-state index is 11.8. The van der Waals surface area contributed by atoms with E-state index in [2.05, 4.69) is 10.6 Å². The molecule has 1 aliphatic rings. The van der Waals surface area contributed by atoms with Gasteiger partial charge in [-0.15, -0.1) is 0 Å². The first-order chi connectivity index (χ1) is 10.3. The van der Waals surface area contributed by atoms with E-state index in [9.17, 15) is 4.79 Å². The van der Waals surface area contributed by atoms with E-state index in [0.29, 0.717) is 18.0 Å². The number of benzene rings is 1. The fourth-order valence-corrected chi connectivity index (χ4v) is 1.98. The standard InChI is InChI=1S/C16H24N2O3/c1-20-15-6-3-2-5-14(15)18-16(19)11-17-9-4-10-21-12-13-7-8-13/h2-3,5-6,13,17H,4,7-12H2,1H3,(H,18,19). The number of hydrogen-bond acceptors (Lipinski definition) is 4. The first-order valence-electron chi connectivity index (χ1n) is 7.51. The molecule has 1 aromatic carbocycles. The van der Waals surface area contributed by atoms with Crippen LogP contribution in [-0.2, 0) is 9.53 Å². The maximum absolute atomic E-state index is 11.8. The molecule has 0 bridgehead atoms. The summed E-state index contributed by atoms with van der Waals surface area (Å²) in [5, 5.41) is 5.94. The lowest BCUT2D eigenvalue weighted by Crippen LogP contribution is -2.29. The van der Waals surface area contributed by atoms with Crippen LogP contribution < -0.4 is 15.4 Å². The second kappa shape index (κ2) is 8.64. The Morgan fingerprint density at radius 1 is 1.33 bits per heavy atom. The molecule has 116 valence electrons. The number of hydrogen-bond donors (Lipinski definition) is 2. The van der Waals surface area contributed by atoms with Crippen molar-refractivity contribution in [1.82, 2.24) is 5.32 Å². The summed E-state index contributed by atoms with van der Waals surface area (Å²) < 4.78 is 10.7. The summed E-state index contributed by atoms with van der Waals surface area (Å²) in [4.78, 5) is 11.8. The number of carbonyl (C=O) groups is 1. The molecular weight excluding hydrogens is 268 g/mol. The molecule has 0 atom stereocenters. The Morgan fingerprint density at radius 3 is 2.90 bits per heavy atom. The Labute approximate surface area is 126 Å². The van der Waals surface area contributed by atoms with Crippen LogP contribution in [0.3, 0.4) is 0 Å². The third-order valence-corrected chi connectivity index (χ3v) is 3.36. The molecule has 0 spiro atoms. The molecule has 0 aromatic heterocycles. The van der Waals surface area contributed by atoms with E-state index in [-0.39, 0.29) is 5.91 Å². The number of amides is 1. The summed E-state index contributed by atoms with van der Waals surface area (Å²) in [5.41, 5.74) is 0.694. The second-order valence-electron chi connectivity index (χ2n) is 5.30. The summed E-state index contributed by atoms with van der Waals surface area (Å²) >= 11 is 0. The van der Waals surface area contributed by atoms with Gasteiger partial charge in [0.2, 0.25) is 5.91 Å². The molecule has 5 nitrogen and oxygen atoms in total. The van der Waals surface area contributed by atoms with Crippen molar-refractivity contribution >= 4 is 11.6 Å². The van der Waals surface area contributed by atoms with Gasteiger partial charge in [-0.3, -0.25) is 4.79 Å². The highest BCUT2D eigenvalue weighted by atomic mass is 16.5. The van der Waals surface area contributed by atoms with Crippen molar-refractivity contribution < 1.29 is 14.3 Å². The van der Waals surface area contributed by atoms with Crippen LogP contribution in [0.25, 0.3) is 0 Å². The van der Waals surface area contributed by atoms with Gasteiger partial charge in [0.05, 0.1) is 19.3 Å². The molecule has 1 aliphatic carbocycles. The van der Waals surface area contributed by atoms with Gasteiger partial charge >= 0.3 is 0 Å². The van der Waals surface area contributed by atoms with Crippen LogP contribution >= 0.6 is 0 Å². The Hall–Kier alpha value is -1.59. The van der Waals surface area contributed by atoms with E-state index in [1.807, 2.05) is 24.3 Å². The van der Waals surface area contributed by atoms with Gasteiger partial charge in [0, 0.05) is 13.2 Å². The molecule has 21 heavy (non-hydrogen) atoms. The van der Waals surface area contributed by atoms with Crippen LogP contribution in [0.5, 0.6) is 5.75 Å². The van der Waals surface area contributed by atoms with Crippen molar-refractivity contribution in [3.8, 4) is 5.75 Å². The van der Waals surface area contributed by atoms with Crippen molar-refractivity contribution in [1.29, 1.82) is 0 Å². The average Bonchev–Trinajstić information content (AvgIpc) is 3.31. The van der Waals surface area contributed by atoms with Crippen molar-refractivity contribution in [2.75, 3.05) is 38.7 Å². The zero-order valence-corrected chi connectivity index (χ0v) is 12.6. The van der Waals surface area contributed by atoms with Crippen LogP contribution in [0.15, 0.2) is 24.3 Å². The summed E-state index contributed by atoms with van der Waals surface area (Å²) in [6, 6.07) is 7.37. The van der Waals surface area contributed by atoms with Gasteiger partial charge < -0.3 is 20.1 Å². The van der Waals surface area contributed by atoms with Crippen molar-refractivity contribution in [2.24, 2.45) is 5.92 Å². The molecule has 2 rings (SSSR count). The molecule has 1 fully saturated rings. The van der Waals surface area contributed by atoms with Gasteiger partial charge in [-0.2, -0.15) is 0 Å². The monoisotopic (exact) mass is 292 g/mol. The largest absolute Gasteiger partial charge is 0.495 e. The number of ether oxygens (including phenoxy) is 2. The lowest BCUT2D eigenvalue weighted by molar-refractivity contribution is -0.115. The van der Waals surface area contributed by atoms with Gasteiger partial charge in [0.1, 0.15) is 5.75 Å². The lowest BCUT2D eigenvalue weighted by atomic mass is 10.3. The van der Waals surface area contributed by atoms with E-state index in [1.165, 1.54) is 12.8 Å². The normalized spacial score (nSPS) is 14.0. The number of anilines is 1. The van der Waals surface area contributed by atoms with Gasteiger partial charge in [0.25, 0.3) is 0 Å². The van der Waals surface area contributed by atoms with E-state index in [1.54, 1.807) is 7.11 Å². The number of methoxy groups -OCH3 is 1. The molecule has 0 aliphatic heterocycles. The summed E-state index contributed by atoms with van der Waals surface area (Å²) in [6.45, 7) is 2.73. The SMILES string of the molecule is COc1ccccc1NC(=O)CNCCCOCC1CC1. The van der Waals surface area contributed by atoms with Crippen LogP contribution in [0, 0.1) is 5.92 Å². The Bertz CT molecular complexity index is 447. The minimum Gasteiger partial charge on any atom is -0.495 e. The maximum Gasteiger partial charge on any atom is 0.238 e. The molecule has 1 aromatic rings. The molecule has 0 saturated heterocycles. The van der Waals surface area contributed by atoms with Gasteiger partial charge in [-0.05, 0) is 43.9 Å². The summed E-state index contributed by atoms with van der Waals surface area (Å²) in [7, 11) is 1.59. The van der Waals surface area contributed by atoms with Crippen molar-refractivity contribution in [3.05, 3.63) is 24.3 Å². The van der Waals surface area contributed by atoms with Crippen LogP contribution in [-0.4, -0.2) is 39.3 Å². The van der Waals surface area contributed by atoms with Gasteiger partial charge in [-0.1, -0.05) is 12.1 Å². The van der Waals surface area contributed by atoms with Gasteiger partial charge in [-0.25, -0.2) is 0 Å². The fraction of sp³-hybridized carbons (Fsp3) is 0.562. The molecule has 0 heterocycles. The second-order valence-corrected chi connectivity index (χ2v) is 5.30. The van der Waals surface area contributed by atoms with Crippen LogP contribution in [0.1, 0.15) is 19.3 Å². The predicted octanol–water partition coefficient (Wildman–Crippen LogP) is 2.04. The molecule has 5 heteroatoms. The number of nitrogens with one attached hydrogen (secondary N) is 2. The highest BCUT2D eigenvalue weighted by molar-refractivity contribution is 5.93. The number of para-hydroxylation sites is 2. The molecule has 2 N–H and O–H groups in total. The fourth-order valence-electron chi connectivity index (χ4n) is 1.98. The van der Waals surface area contributed by atoms with Gasteiger partial charge in [0.15, 0.2) is 0 Å². The molecular formula is C16H24N2O3. The predicted molar refractivity (Wildman–Crippen MR) is 82.7 cm³/mol. The molecule has 0 radical (unpaired) electrons. The Morgan fingerprint density at radius 2 is 2.14 bits per heavy atom. The minimum atomic E-state index is -0.0709. The van der Waals surface area contributed by atoms with Crippen molar-refractivity contribution in [3.63, 3.8) is 0 Å². The van der Waals surface area contributed by atoms with Crippen molar-refractivity contribution in [2.45, 2.75) is 19.3 Å². The third kappa shape index (κ3) is 6.14. The third-order valence-electron chi connectivity index (χ3n) is 3.36. The minimum absolute atomic E-state index is 0.0709. The van der Waals surface area contributed by atoms with E-state index in [0.717, 1.165) is 32.1 Å². The lowest BCUT2D eigenvalue weighted by Gasteiger charge is -2.10. The first-order valence-corrected chi connectivity index (χ1v) is 7.51.